The second-order valence-corrected chi connectivity index (χ2v) is 6.73. The summed E-state index contributed by atoms with van der Waals surface area (Å²) in [5.74, 6) is 0.852. The minimum absolute atomic E-state index is 0.621. The third-order valence-corrected chi connectivity index (χ3v) is 4.92. The average molecular weight is 398 g/mol. The summed E-state index contributed by atoms with van der Waals surface area (Å²) >= 11 is 0. The molecule has 29 heavy (non-hydrogen) atoms. The second-order valence-electron chi connectivity index (χ2n) is 6.73. The number of ether oxygens (including phenoxy) is 1. The highest BCUT2D eigenvalue weighted by atomic mass is 16.5. The van der Waals surface area contributed by atoms with Gasteiger partial charge in [-0.15, -0.1) is 0 Å². The summed E-state index contributed by atoms with van der Waals surface area (Å²) in [5, 5.41) is 9.73. The Morgan fingerprint density at radius 2 is 1.72 bits per heavy atom. The first kappa shape index (κ1) is 22.4. The third kappa shape index (κ3) is 5.79. The molecule has 158 valence electrons. The summed E-state index contributed by atoms with van der Waals surface area (Å²) in [6.45, 7) is 9.59. The fraction of sp³-hybridized carbons (Fsp3) is 0.435. The van der Waals surface area contributed by atoms with Gasteiger partial charge in [-0.1, -0.05) is 12.1 Å². The molecule has 0 saturated carbocycles. The van der Waals surface area contributed by atoms with Gasteiger partial charge in [0.1, 0.15) is 11.4 Å². The van der Waals surface area contributed by atoms with Crippen LogP contribution in [0.2, 0.25) is 0 Å². The van der Waals surface area contributed by atoms with Gasteiger partial charge in [0.05, 0.1) is 24.5 Å². The fourth-order valence-electron chi connectivity index (χ4n) is 3.29. The van der Waals surface area contributed by atoms with Gasteiger partial charge in [0, 0.05) is 52.2 Å². The van der Waals surface area contributed by atoms with Crippen LogP contribution in [0, 0.1) is 0 Å². The lowest BCUT2D eigenvalue weighted by Crippen LogP contribution is -2.23. The molecule has 0 bridgehead atoms. The zero-order valence-electron chi connectivity index (χ0n) is 18.6. The molecule has 2 aromatic carbocycles. The maximum Gasteiger partial charge on any atom is 0.146 e. The molecule has 0 heterocycles. The van der Waals surface area contributed by atoms with E-state index in [9.17, 15) is 0 Å². The van der Waals surface area contributed by atoms with E-state index < -0.39 is 0 Å². The highest BCUT2D eigenvalue weighted by Gasteiger charge is 2.12. The number of hydrogen-bond donors (Lipinski definition) is 1. The number of benzene rings is 2. The molecule has 2 aromatic rings. The van der Waals surface area contributed by atoms with Crippen molar-refractivity contribution in [2.24, 2.45) is 5.10 Å². The molecule has 0 aliphatic carbocycles. The van der Waals surface area contributed by atoms with E-state index in [0.717, 1.165) is 35.9 Å². The lowest BCUT2D eigenvalue weighted by atomic mass is 10.2. The van der Waals surface area contributed by atoms with Crippen molar-refractivity contribution in [2.45, 2.75) is 20.8 Å². The van der Waals surface area contributed by atoms with Gasteiger partial charge in [0.2, 0.25) is 0 Å². The number of anilines is 4. The van der Waals surface area contributed by atoms with Crippen LogP contribution >= 0.6 is 0 Å². The monoisotopic (exact) mass is 397 g/mol. The maximum absolute atomic E-state index is 5.90. The molecule has 1 N–H and O–H groups in total. The zero-order valence-corrected chi connectivity index (χ0v) is 18.6. The van der Waals surface area contributed by atoms with E-state index in [1.54, 1.807) is 0 Å². The predicted octanol–water partition coefficient (Wildman–Crippen LogP) is 4.53. The molecule has 0 aliphatic rings. The van der Waals surface area contributed by atoms with Gasteiger partial charge in [-0.3, -0.25) is 5.01 Å². The van der Waals surface area contributed by atoms with Crippen molar-refractivity contribution >= 4 is 29.0 Å². The first-order valence-electron chi connectivity index (χ1n) is 10.3. The van der Waals surface area contributed by atoms with Crippen LogP contribution in [0.5, 0.6) is 5.75 Å². The lowest BCUT2D eigenvalue weighted by molar-refractivity contribution is 0.341. The van der Waals surface area contributed by atoms with Gasteiger partial charge in [-0.25, -0.2) is 0 Å². The quantitative estimate of drug-likeness (QED) is 0.446. The Bertz CT molecular complexity index is 789. The summed E-state index contributed by atoms with van der Waals surface area (Å²) in [6.07, 6.45) is 1.92. The topological polar surface area (TPSA) is 43.3 Å². The van der Waals surface area contributed by atoms with E-state index >= 15 is 0 Å². The van der Waals surface area contributed by atoms with Crippen LogP contribution in [0.1, 0.15) is 20.8 Å². The summed E-state index contributed by atoms with van der Waals surface area (Å²) in [4.78, 5) is 4.47. The van der Waals surface area contributed by atoms with Crippen molar-refractivity contribution in [3.8, 4) is 5.75 Å². The van der Waals surface area contributed by atoms with Crippen LogP contribution in [-0.4, -0.2) is 53.6 Å². The van der Waals surface area contributed by atoms with Crippen LogP contribution < -0.4 is 24.9 Å². The number of nitrogens with zero attached hydrogens (tertiary/aromatic N) is 4. The summed E-state index contributed by atoms with van der Waals surface area (Å²) in [7, 11) is 5.95. The van der Waals surface area contributed by atoms with Gasteiger partial charge in [-0.05, 0) is 45.0 Å². The first-order chi connectivity index (χ1) is 14.0. The number of hydrogen-bond acceptors (Lipinski definition) is 6. The Balaban J connectivity index is 2.13. The van der Waals surface area contributed by atoms with Crippen molar-refractivity contribution in [2.75, 3.05) is 67.5 Å². The standard InChI is InChI=1S/C23H35N5O/c1-7-28(8-2)19-14-15-22(23(18-19)29-9-3)27(6)25-16-17-26(5)21-13-11-10-12-20(21)24-4/h10-16,18,24H,7-9,17H2,1-6H3/b25-16+. The minimum atomic E-state index is 0.621. The van der Waals surface area contributed by atoms with Crippen molar-refractivity contribution in [3.63, 3.8) is 0 Å². The van der Waals surface area contributed by atoms with Crippen LogP contribution in [-0.2, 0) is 0 Å². The molecular weight excluding hydrogens is 362 g/mol. The Morgan fingerprint density at radius 3 is 2.38 bits per heavy atom. The van der Waals surface area contributed by atoms with Gasteiger partial charge in [0.15, 0.2) is 0 Å². The normalized spacial score (nSPS) is 10.8. The molecule has 0 fully saturated rings. The van der Waals surface area contributed by atoms with E-state index in [1.165, 1.54) is 5.69 Å². The van der Waals surface area contributed by atoms with Crippen molar-refractivity contribution in [1.82, 2.24) is 0 Å². The van der Waals surface area contributed by atoms with Crippen molar-refractivity contribution in [3.05, 3.63) is 42.5 Å². The molecule has 0 unspecified atom stereocenters. The Kier molecular flexibility index (Phi) is 8.65. The molecule has 0 spiro atoms. The second kappa shape index (κ2) is 11.2. The van der Waals surface area contributed by atoms with Gasteiger partial charge >= 0.3 is 0 Å². The van der Waals surface area contributed by atoms with E-state index in [-0.39, 0.29) is 0 Å². The largest absolute Gasteiger partial charge is 0.492 e. The minimum Gasteiger partial charge on any atom is -0.492 e. The summed E-state index contributed by atoms with van der Waals surface area (Å²) < 4.78 is 5.90. The fourth-order valence-corrected chi connectivity index (χ4v) is 3.29. The smallest absolute Gasteiger partial charge is 0.146 e. The highest BCUT2D eigenvalue weighted by Crippen LogP contribution is 2.32. The summed E-state index contributed by atoms with van der Waals surface area (Å²) in [5.41, 5.74) is 4.37. The molecule has 6 nitrogen and oxygen atoms in total. The number of para-hydroxylation sites is 2. The van der Waals surface area contributed by atoms with Gasteiger partial charge in [0.25, 0.3) is 0 Å². The molecule has 6 heteroatoms. The highest BCUT2D eigenvalue weighted by molar-refractivity contribution is 5.75. The lowest BCUT2D eigenvalue weighted by Gasteiger charge is -2.24. The predicted molar refractivity (Wildman–Crippen MR) is 127 cm³/mol. The Labute approximate surface area is 175 Å². The number of hydrazone groups is 1. The van der Waals surface area contributed by atoms with E-state index in [2.05, 4.69) is 71.4 Å². The van der Waals surface area contributed by atoms with Gasteiger partial charge < -0.3 is 19.9 Å². The Morgan fingerprint density at radius 1 is 1.00 bits per heavy atom. The van der Waals surface area contributed by atoms with Crippen molar-refractivity contribution < 1.29 is 4.74 Å². The average Bonchev–Trinajstić information content (AvgIpc) is 2.74. The van der Waals surface area contributed by atoms with Crippen LogP contribution in [0.4, 0.5) is 22.7 Å². The third-order valence-electron chi connectivity index (χ3n) is 4.92. The summed E-state index contributed by atoms with van der Waals surface area (Å²) in [6, 6.07) is 14.6. The number of rotatable bonds is 11. The number of nitrogens with one attached hydrogen (secondary N) is 1. The van der Waals surface area contributed by atoms with E-state index in [4.69, 9.17) is 4.74 Å². The molecule has 0 aliphatic heterocycles. The molecule has 0 aromatic heterocycles. The maximum atomic E-state index is 5.90. The molecule has 0 amide bonds. The zero-order chi connectivity index (χ0) is 21.2. The SMILES string of the molecule is CCOc1cc(N(CC)CC)ccc1N(C)/N=C/CN(C)c1ccccc1NC. The van der Waals surface area contributed by atoms with E-state index in [0.29, 0.717) is 13.2 Å². The first-order valence-corrected chi connectivity index (χ1v) is 10.3. The molecule has 0 radical (unpaired) electrons. The van der Waals surface area contributed by atoms with E-state index in [1.807, 2.05) is 44.4 Å². The van der Waals surface area contributed by atoms with Crippen LogP contribution in [0.25, 0.3) is 0 Å². The van der Waals surface area contributed by atoms with Crippen LogP contribution in [0.15, 0.2) is 47.6 Å². The molecule has 2 rings (SSSR count). The van der Waals surface area contributed by atoms with Crippen LogP contribution in [0.3, 0.4) is 0 Å². The van der Waals surface area contributed by atoms with Crippen molar-refractivity contribution in [1.29, 1.82) is 0 Å². The molecule has 0 atom stereocenters. The molecular formula is C23H35N5O. The molecule has 0 saturated heterocycles. The Hall–Kier alpha value is -2.89. The van der Waals surface area contributed by atoms with Gasteiger partial charge in [-0.2, -0.15) is 5.10 Å².